The van der Waals surface area contributed by atoms with E-state index in [0.29, 0.717) is 5.92 Å². The normalized spacial score (nSPS) is 30.1. The number of thioether (sulfide) groups is 1. The van der Waals surface area contributed by atoms with Crippen molar-refractivity contribution in [2.45, 2.75) is 81.1 Å². The summed E-state index contributed by atoms with van der Waals surface area (Å²) >= 11 is 0.845. The van der Waals surface area contributed by atoms with Crippen LogP contribution >= 0.6 is 11.8 Å². The van der Waals surface area contributed by atoms with Gasteiger partial charge in [-0.3, -0.25) is 0 Å². The van der Waals surface area contributed by atoms with Gasteiger partial charge in [-0.05, 0) is 30.2 Å². The number of benzene rings is 1. The lowest BCUT2D eigenvalue weighted by atomic mass is 9.72. The summed E-state index contributed by atoms with van der Waals surface area (Å²) in [7, 11) is 0. The lowest BCUT2D eigenvalue weighted by Gasteiger charge is -2.41. The third-order valence-electron chi connectivity index (χ3n) is 6.56. The minimum Gasteiger partial charge on any atom is -0.198 e. The molecule has 0 amide bonds. The average Bonchev–Trinajstić information content (AvgIpc) is 2.72. The van der Waals surface area contributed by atoms with Crippen molar-refractivity contribution >= 4 is 11.8 Å². The SMILES string of the molecule is CCCCCC[C@H]1CC[C@H](C2(SC(F)F)C=CC(c3ccccc3)C=C2)CC1. The van der Waals surface area contributed by atoms with Crippen LogP contribution in [0.3, 0.4) is 0 Å². The molecule has 2 aliphatic carbocycles. The van der Waals surface area contributed by atoms with Gasteiger partial charge in [0, 0.05) is 5.92 Å². The van der Waals surface area contributed by atoms with Crippen molar-refractivity contribution in [3.63, 3.8) is 0 Å². The molecule has 1 aromatic rings. The Balaban J connectivity index is 1.61. The summed E-state index contributed by atoms with van der Waals surface area (Å²) in [6.45, 7) is 2.25. The minimum atomic E-state index is -2.34. The largest absolute Gasteiger partial charge is 0.285 e. The quantitative estimate of drug-likeness (QED) is 0.294. The predicted octanol–water partition coefficient (Wildman–Crippen LogP) is 8.37. The first-order valence-electron chi connectivity index (χ1n) is 11.0. The average molecular weight is 405 g/mol. The molecule has 0 radical (unpaired) electrons. The molecule has 0 spiro atoms. The Bertz CT molecular complexity index is 615. The Morgan fingerprint density at radius 1 is 0.964 bits per heavy atom. The Morgan fingerprint density at radius 2 is 1.64 bits per heavy atom. The summed E-state index contributed by atoms with van der Waals surface area (Å²) in [4.78, 5) is 0. The third kappa shape index (κ3) is 5.72. The second-order valence-electron chi connectivity index (χ2n) is 8.45. The molecule has 0 N–H and O–H groups in total. The fourth-order valence-electron chi connectivity index (χ4n) is 4.89. The van der Waals surface area contributed by atoms with E-state index >= 15 is 0 Å². The van der Waals surface area contributed by atoms with Gasteiger partial charge in [0.05, 0.1) is 4.75 Å². The molecule has 154 valence electrons. The topological polar surface area (TPSA) is 0 Å². The Morgan fingerprint density at radius 3 is 2.25 bits per heavy atom. The van der Waals surface area contributed by atoms with Gasteiger partial charge in [-0.2, -0.15) is 8.78 Å². The second-order valence-corrected chi connectivity index (χ2v) is 9.75. The number of hydrogen-bond donors (Lipinski definition) is 0. The number of halogens is 2. The molecule has 0 unspecified atom stereocenters. The van der Waals surface area contributed by atoms with Gasteiger partial charge in [0.2, 0.25) is 0 Å². The van der Waals surface area contributed by atoms with Crippen LogP contribution in [0.15, 0.2) is 54.6 Å². The molecule has 0 atom stereocenters. The number of unbranched alkanes of at least 4 members (excludes halogenated alkanes) is 3. The molecule has 0 heterocycles. The van der Waals surface area contributed by atoms with Crippen LogP contribution in [0, 0.1) is 11.8 Å². The van der Waals surface area contributed by atoms with Gasteiger partial charge in [0.25, 0.3) is 5.76 Å². The van der Waals surface area contributed by atoms with Crippen LogP contribution in [-0.2, 0) is 0 Å². The van der Waals surface area contributed by atoms with E-state index in [2.05, 4.69) is 43.4 Å². The fraction of sp³-hybridized carbons (Fsp3) is 0.600. The van der Waals surface area contributed by atoms with Crippen LogP contribution < -0.4 is 0 Å². The maximum absolute atomic E-state index is 13.5. The Labute approximate surface area is 173 Å². The zero-order valence-electron chi connectivity index (χ0n) is 17.0. The van der Waals surface area contributed by atoms with Crippen LogP contribution in [0.25, 0.3) is 0 Å². The highest BCUT2D eigenvalue weighted by Crippen LogP contribution is 2.49. The molecular weight excluding hydrogens is 370 g/mol. The van der Waals surface area contributed by atoms with Crippen LogP contribution in [0.4, 0.5) is 8.78 Å². The molecule has 1 fully saturated rings. The maximum atomic E-state index is 13.5. The molecule has 0 aliphatic heterocycles. The molecule has 1 saturated carbocycles. The van der Waals surface area contributed by atoms with E-state index < -0.39 is 10.5 Å². The molecule has 28 heavy (non-hydrogen) atoms. The highest BCUT2D eigenvalue weighted by molar-refractivity contribution is 8.01. The van der Waals surface area contributed by atoms with Gasteiger partial charge in [0.1, 0.15) is 0 Å². The van der Waals surface area contributed by atoms with Crippen molar-refractivity contribution in [1.82, 2.24) is 0 Å². The maximum Gasteiger partial charge on any atom is 0.285 e. The summed E-state index contributed by atoms with van der Waals surface area (Å²) < 4.78 is 26.4. The summed E-state index contributed by atoms with van der Waals surface area (Å²) in [6.07, 6.45) is 19.6. The van der Waals surface area contributed by atoms with E-state index in [9.17, 15) is 8.78 Å². The first-order chi connectivity index (χ1) is 13.6. The zero-order valence-corrected chi connectivity index (χ0v) is 17.9. The highest BCUT2D eigenvalue weighted by atomic mass is 32.2. The van der Waals surface area contributed by atoms with Gasteiger partial charge in [-0.15, -0.1) is 0 Å². The van der Waals surface area contributed by atoms with Gasteiger partial charge in [0.15, 0.2) is 0 Å². The van der Waals surface area contributed by atoms with E-state index in [1.165, 1.54) is 50.5 Å². The van der Waals surface area contributed by atoms with Crippen LogP contribution in [0.2, 0.25) is 0 Å². The smallest absolute Gasteiger partial charge is 0.198 e. The van der Waals surface area contributed by atoms with Crippen molar-refractivity contribution in [3.05, 3.63) is 60.2 Å². The molecule has 2 aliphatic rings. The minimum absolute atomic E-state index is 0.197. The number of alkyl halides is 2. The first kappa shape index (κ1) is 21.6. The summed E-state index contributed by atoms with van der Waals surface area (Å²) in [5.41, 5.74) is 1.22. The molecule has 0 nitrogen and oxygen atoms in total. The van der Waals surface area contributed by atoms with E-state index in [4.69, 9.17) is 0 Å². The molecule has 3 rings (SSSR count). The number of hydrogen-bond acceptors (Lipinski definition) is 1. The van der Waals surface area contributed by atoms with Crippen molar-refractivity contribution in [3.8, 4) is 0 Å². The monoisotopic (exact) mass is 404 g/mol. The van der Waals surface area contributed by atoms with Crippen LogP contribution in [0.5, 0.6) is 0 Å². The Hall–Kier alpha value is -1.09. The zero-order chi connectivity index (χ0) is 19.8. The van der Waals surface area contributed by atoms with Gasteiger partial charge in [-0.1, -0.05) is 118 Å². The van der Waals surface area contributed by atoms with Crippen LogP contribution in [-0.4, -0.2) is 10.5 Å². The van der Waals surface area contributed by atoms with E-state index in [1.807, 2.05) is 18.2 Å². The van der Waals surface area contributed by atoms with Crippen LogP contribution in [0.1, 0.15) is 76.2 Å². The molecule has 0 aromatic heterocycles. The highest BCUT2D eigenvalue weighted by Gasteiger charge is 2.41. The summed E-state index contributed by atoms with van der Waals surface area (Å²) in [5, 5.41) is 0. The van der Waals surface area contributed by atoms with Gasteiger partial charge < -0.3 is 0 Å². The van der Waals surface area contributed by atoms with Gasteiger partial charge in [-0.25, -0.2) is 0 Å². The fourth-order valence-corrected chi connectivity index (χ4v) is 5.94. The predicted molar refractivity (Wildman–Crippen MR) is 118 cm³/mol. The third-order valence-corrected chi connectivity index (χ3v) is 7.75. The summed E-state index contributed by atoms with van der Waals surface area (Å²) in [5.74, 6) is -1.02. The lowest BCUT2D eigenvalue weighted by Crippen LogP contribution is -2.36. The van der Waals surface area contributed by atoms with Crippen molar-refractivity contribution in [2.75, 3.05) is 0 Å². The number of rotatable bonds is 9. The first-order valence-corrected chi connectivity index (χ1v) is 11.9. The Kier molecular flexibility index (Phi) is 8.20. The molecular formula is C25H34F2S. The molecule has 1 aromatic carbocycles. The van der Waals surface area contributed by atoms with Gasteiger partial charge >= 0.3 is 0 Å². The second kappa shape index (κ2) is 10.6. The summed E-state index contributed by atoms with van der Waals surface area (Å²) in [6, 6.07) is 10.3. The lowest BCUT2D eigenvalue weighted by molar-refractivity contribution is 0.231. The standard InChI is InChI=1S/C25H34F2S/c1-2-3-4-6-9-20-12-14-23(15-13-20)25(28-24(26)27)18-16-22(17-19-25)21-10-7-5-8-11-21/h5,7-8,10-11,16-20,22-24H,2-4,6,9,12-15H2,1H3/t20-,22?,23-,25?. The molecule has 0 saturated heterocycles. The van der Waals surface area contributed by atoms with Crippen molar-refractivity contribution in [1.29, 1.82) is 0 Å². The van der Waals surface area contributed by atoms with E-state index in [0.717, 1.165) is 30.5 Å². The number of allylic oxidation sites excluding steroid dienone is 2. The van der Waals surface area contributed by atoms with Crippen molar-refractivity contribution < 1.29 is 8.78 Å². The molecule has 0 bridgehead atoms. The van der Waals surface area contributed by atoms with E-state index in [1.54, 1.807) is 0 Å². The van der Waals surface area contributed by atoms with E-state index in [-0.39, 0.29) is 5.92 Å². The van der Waals surface area contributed by atoms with Crippen molar-refractivity contribution in [2.24, 2.45) is 11.8 Å². The molecule has 3 heteroatoms.